The number of nitrogens with zero attached hydrogens (tertiary/aromatic N) is 2. The minimum Gasteiger partial charge on any atom is -0.462 e. The van der Waals surface area contributed by atoms with Crippen molar-refractivity contribution in [3.05, 3.63) is 108 Å². The fourth-order valence-corrected chi connectivity index (χ4v) is 4.37. The van der Waals surface area contributed by atoms with Crippen LogP contribution in [0.5, 0.6) is 0 Å². The molecule has 0 aliphatic heterocycles. The van der Waals surface area contributed by atoms with Crippen LogP contribution in [0, 0.1) is 6.92 Å². The van der Waals surface area contributed by atoms with Crippen molar-refractivity contribution in [1.82, 2.24) is 9.97 Å². The summed E-state index contributed by atoms with van der Waals surface area (Å²) in [5.41, 5.74) is 7.54. The van der Waals surface area contributed by atoms with E-state index < -0.39 is 0 Å². The van der Waals surface area contributed by atoms with Gasteiger partial charge in [0.2, 0.25) is 0 Å². The van der Waals surface area contributed by atoms with E-state index in [9.17, 15) is 0 Å². The van der Waals surface area contributed by atoms with Gasteiger partial charge >= 0.3 is 0 Å². The summed E-state index contributed by atoms with van der Waals surface area (Å²) in [6.07, 6.45) is 6.28. The number of aryl methyl sites for hydroxylation is 1. The SMILES string of the molecule is Cc1ccc2cc(Cc3ccnc(-c4cc5ccoc5c5ncccc45)c3)ccc2c1. The number of rotatable bonds is 3. The molecule has 148 valence electrons. The molecule has 3 heterocycles. The summed E-state index contributed by atoms with van der Waals surface area (Å²) in [7, 11) is 0. The van der Waals surface area contributed by atoms with Crippen LogP contribution in [0.3, 0.4) is 0 Å². The fourth-order valence-electron chi connectivity index (χ4n) is 4.37. The number of benzene rings is 3. The summed E-state index contributed by atoms with van der Waals surface area (Å²) >= 11 is 0. The van der Waals surface area contributed by atoms with Crippen molar-refractivity contribution < 1.29 is 4.42 Å². The van der Waals surface area contributed by atoms with Gasteiger partial charge in [0.1, 0.15) is 5.52 Å². The Morgan fingerprint density at radius 3 is 2.58 bits per heavy atom. The lowest BCUT2D eigenvalue weighted by molar-refractivity contribution is 0.618. The van der Waals surface area contributed by atoms with E-state index >= 15 is 0 Å². The number of pyridine rings is 2. The molecular weight excluding hydrogens is 380 g/mol. The number of hydrogen-bond acceptors (Lipinski definition) is 3. The van der Waals surface area contributed by atoms with E-state index in [2.05, 4.69) is 72.6 Å². The average Bonchev–Trinajstić information content (AvgIpc) is 3.28. The van der Waals surface area contributed by atoms with E-state index in [4.69, 9.17) is 9.40 Å². The highest BCUT2D eigenvalue weighted by Gasteiger charge is 2.13. The van der Waals surface area contributed by atoms with Crippen molar-refractivity contribution in [3.63, 3.8) is 0 Å². The van der Waals surface area contributed by atoms with Gasteiger partial charge in [-0.25, -0.2) is 0 Å². The molecule has 0 bridgehead atoms. The second-order valence-corrected chi connectivity index (χ2v) is 8.07. The van der Waals surface area contributed by atoms with E-state index in [-0.39, 0.29) is 0 Å². The van der Waals surface area contributed by atoms with E-state index in [1.807, 2.05) is 18.3 Å². The Morgan fingerprint density at radius 2 is 1.61 bits per heavy atom. The number of hydrogen-bond donors (Lipinski definition) is 0. The Labute approximate surface area is 180 Å². The van der Waals surface area contributed by atoms with Gasteiger partial charge in [-0.3, -0.25) is 9.97 Å². The first-order valence-corrected chi connectivity index (χ1v) is 10.4. The molecule has 3 nitrogen and oxygen atoms in total. The van der Waals surface area contributed by atoms with Crippen molar-refractivity contribution in [3.8, 4) is 11.3 Å². The molecule has 0 unspecified atom stereocenters. The second-order valence-electron chi connectivity index (χ2n) is 8.07. The minimum absolute atomic E-state index is 0.821. The van der Waals surface area contributed by atoms with Crippen molar-refractivity contribution in [2.75, 3.05) is 0 Å². The molecule has 0 fully saturated rings. The summed E-state index contributed by atoms with van der Waals surface area (Å²) in [5.74, 6) is 0. The van der Waals surface area contributed by atoms with Crippen molar-refractivity contribution in [2.45, 2.75) is 13.3 Å². The highest BCUT2D eigenvalue weighted by molar-refractivity contribution is 6.09. The first kappa shape index (κ1) is 17.8. The summed E-state index contributed by atoms with van der Waals surface area (Å²) in [5, 5.41) is 4.65. The maximum Gasteiger partial charge on any atom is 0.160 e. The molecule has 0 radical (unpaired) electrons. The molecule has 0 atom stereocenters. The number of furan rings is 1. The quantitative estimate of drug-likeness (QED) is 0.318. The predicted octanol–water partition coefficient (Wildman–Crippen LogP) is 7.10. The molecule has 3 aromatic heterocycles. The van der Waals surface area contributed by atoms with Crippen LogP contribution in [0.4, 0.5) is 0 Å². The van der Waals surface area contributed by atoms with Crippen LogP contribution in [-0.4, -0.2) is 9.97 Å². The van der Waals surface area contributed by atoms with Gasteiger partial charge < -0.3 is 4.42 Å². The molecule has 0 saturated heterocycles. The van der Waals surface area contributed by atoms with E-state index in [1.165, 1.54) is 27.5 Å². The van der Waals surface area contributed by atoms with Gasteiger partial charge in [-0.05, 0) is 65.6 Å². The van der Waals surface area contributed by atoms with Crippen LogP contribution >= 0.6 is 0 Å². The van der Waals surface area contributed by atoms with Crippen LogP contribution in [0.25, 0.3) is 43.9 Å². The fraction of sp³-hybridized carbons (Fsp3) is 0.0714. The zero-order valence-electron chi connectivity index (χ0n) is 17.2. The smallest absolute Gasteiger partial charge is 0.160 e. The van der Waals surface area contributed by atoms with Crippen LogP contribution in [0.2, 0.25) is 0 Å². The number of fused-ring (bicyclic) bond motifs is 4. The molecule has 31 heavy (non-hydrogen) atoms. The molecule has 0 amide bonds. The molecule has 0 N–H and O–H groups in total. The first-order valence-electron chi connectivity index (χ1n) is 10.4. The van der Waals surface area contributed by atoms with Gasteiger partial charge in [0.25, 0.3) is 0 Å². The Kier molecular flexibility index (Phi) is 4.07. The molecule has 3 heteroatoms. The van der Waals surface area contributed by atoms with Gasteiger partial charge in [-0.1, -0.05) is 48.0 Å². The highest BCUT2D eigenvalue weighted by Crippen LogP contribution is 2.34. The van der Waals surface area contributed by atoms with Crippen LogP contribution < -0.4 is 0 Å². The van der Waals surface area contributed by atoms with Gasteiger partial charge in [0, 0.05) is 28.7 Å². The Balaban J connectivity index is 1.43. The molecular formula is C28H20N2O. The third kappa shape index (κ3) is 3.15. The Morgan fingerprint density at radius 1 is 0.742 bits per heavy atom. The van der Waals surface area contributed by atoms with Crippen LogP contribution in [-0.2, 0) is 6.42 Å². The average molecular weight is 400 g/mol. The topological polar surface area (TPSA) is 38.9 Å². The lowest BCUT2D eigenvalue weighted by atomic mass is 9.98. The van der Waals surface area contributed by atoms with E-state index in [0.29, 0.717) is 0 Å². The molecule has 0 aliphatic carbocycles. The Bertz CT molecular complexity index is 1580. The van der Waals surface area contributed by atoms with E-state index in [1.54, 1.807) is 12.5 Å². The molecule has 6 aromatic rings. The summed E-state index contributed by atoms with van der Waals surface area (Å²) in [6, 6.07) is 25.8. The molecule has 0 spiro atoms. The molecule has 6 rings (SSSR count). The second kappa shape index (κ2) is 7.06. The van der Waals surface area contributed by atoms with Crippen molar-refractivity contribution >= 4 is 32.6 Å². The summed E-state index contributed by atoms with van der Waals surface area (Å²) in [6.45, 7) is 2.13. The minimum atomic E-state index is 0.821. The van der Waals surface area contributed by atoms with Crippen molar-refractivity contribution in [1.29, 1.82) is 0 Å². The lowest BCUT2D eigenvalue weighted by Crippen LogP contribution is -1.93. The summed E-state index contributed by atoms with van der Waals surface area (Å²) < 4.78 is 5.68. The first-order chi connectivity index (χ1) is 15.2. The van der Waals surface area contributed by atoms with Crippen molar-refractivity contribution in [2.24, 2.45) is 0 Å². The van der Waals surface area contributed by atoms with Gasteiger partial charge in [0.05, 0.1) is 12.0 Å². The van der Waals surface area contributed by atoms with Gasteiger partial charge in [-0.15, -0.1) is 0 Å². The largest absolute Gasteiger partial charge is 0.462 e. The summed E-state index contributed by atoms with van der Waals surface area (Å²) in [4.78, 5) is 9.27. The highest BCUT2D eigenvalue weighted by atomic mass is 16.3. The third-order valence-electron chi connectivity index (χ3n) is 5.88. The standard InChI is InChI=1S/C28H20N2O/c1-18-4-6-22-15-19(5-7-21(22)13-18)14-20-8-11-29-26(16-20)25-17-23-9-12-31-28(23)27-24(25)3-2-10-30-27/h2-13,15-17H,14H2,1H3. The van der Waals surface area contributed by atoms with Gasteiger partial charge in [-0.2, -0.15) is 0 Å². The zero-order chi connectivity index (χ0) is 20.8. The maximum atomic E-state index is 5.68. The molecule has 0 saturated carbocycles. The van der Waals surface area contributed by atoms with Crippen LogP contribution in [0.15, 0.2) is 95.9 Å². The molecule has 3 aromatic carbocycles. The van der Waals surface area contributed by atoms with Crippen LogP contribution in [0.1, 0.15) is 16.7 Å². The van der Waals surface area contributed by atoms with Gasteiger partial charge in [0.15, 0.2) is 5.58 Å². The predicted molar refractivity (Wildman–Crippen MR) is 126 cm³/mol. The zero-order valence-corrected chi connectivity index (χ0v) is 17.2. The normalized spacial score (nSPS) is 11.5. The molecule has 0 aliphatic rings. The monoisotopic (exact) mass is 400 g/mol. The van der Waals surface area contributed by atoms with E-state index in [0.717, 1.165) is 39.6 Å². The third-order valence-corrected chi connectivity index (χ3v) is 5.88. The lowest BCUT2D eigenvalue weighted by Gasteiger charge is -2.09. The number of aromatic nitrogens is 2. The maximum absolute atomic E-state index is 5.68. The Hall–Kier alpha value is -3.98.